The molecule has 116 valence electrons. The van der Waals surface area contributed by atoms with Gasteiger partial charge in [-0.3, -0.25) is 4.79 Å². The number of carbonyl (C=O) groups excluding carboxylic acids is 1. The maximum Gasteiger partial charge on any atom is 0.252 e. The molecule has 1 atom stereocenters. The van der Waals surface area contributed by atoms with Gasteiger partial charge in [-0.25, -0.2) is 0 Å². The van der Waals surface area contributed by atoms with Gasteiger partial charge < -0.3 is 5.32 Å². The number of benzene rings is 2. The minimum Gasteiger partial charge on any atom is -0.346 e. The van der Waals surface area contributed by atoms with Gasteiger partial charge in [0.05, 0.1) is 6.04 Å². The third kappa shape index (κ3) is 3.76. The van der Waals surface area contributed by atoms with Crippen molar-refractivity contribution in [3.8, 4) is 0 Å². The summed E-state index contributed by atoms with van der Waals surface area (Å²) >= 11 is 0. The van der Waals surface area contributed by atoms with E-state index in [1.165, 1.54) is 5.56 Å². The molecule has 0 fully saturated rings. The highest BCUT2D eigenvalue weighted by atomic mass is 16.1. The van der Waals surface area contributed by atoms with Gasteiger partial charge in [-0.15, -0.1) is 0 Å². The standard InChI is InChI=1S/C20H25NO/c1-14-8-6-7-9-18(14)19(22)21-15(2)16-10-12-17(13-11-16)20(3,4)5/h6-13,15H,1-5H3,(H,21,22). The van der Waals surface area contributed by atoms with Crippen LogP contribution in [0.15, 0.2) is 48.5 Å². The van der Waals surface area contributed by atoms with Crippen molar-refractivity contribution in [3.63, 3.8) is 0 Å². The third-order valence-electron chi connectivity index (χ3n) is 4.01. The Kier molecular flexibility index (Phi) is 4.70. The highest BCUT2D eigenvalue weighted by Crippen LogP contribution is 2.24. The fraction of sp³-hybridized carbons (Fsp3) is 0.350. The molecule has 2 heteroatoms. The molecule has 1 N–H and O–H groups in total. The Hall–Kier alpha value is -2.09. The molecule has 2 rings (SSSR count). The molecule has 2 aromatic rings. The second kappa shape index (κ2) is 6.35. The second-order valence-corrected chi connectivity index (χ2v) is 6.88. The molecule has 0 heterocycles. The van der Waals surface area contributed by atoms with Crippen molar-refractivity contribution in [1.82, 2.24) is 5.32 Å². The number of hydrogen-bond acceptors (Lipinski definition) is 1. The molecule has 0 saturated carbocycles. The van der Waals surface area contributed by atoms with Crippen molar-refractivity contribution < 1.29 is 4.79 Å². The Morgan fingerprint density at radius 1 is 1.00 bits per heavy atom. The minimum atomic E-state index is -0.0227. The van der Waals surface area contributed by atoms with E-state index in [1.54, 1.807) is 0 Å². The summed E-state index contributed by atoms with van der Waals surface area (Å²) < 4.78 is 0. The quantitative estimate of drug-likeness (QED) is 0.867. The van der Waals surface area contributed by atoms with Gasteiger partial charge in [-0.2, -0.15) is 0 Å². The van der Waals surface area contributed by atoms with Crippen LogP contribution in [0.2, 0.25) is 0 Å². The molecule has 0 spiro atoms. The van der Waals surface area contributed by atoms with Crippen molar-refractivity contribution in [2.24, 2.45) is 0 Å². The first-order chi connectivity index (χ1) is 10.3. The Morgan fingerprint density at radius 3 is 2.14 bits per heavy atom. The number of carbonyl (C=O) groups is 1. The zero-order chi connectivity index (χ0) is 16.3. The molecule has 1 amide bonds. The van der Waals surface area contributed by atoms with Crippen LogP contribution in [0, 0.1) is 6.92 Å². The molecule has 0 saturated heterocycles. The molecule has 0 bridgehead atoms. The minimum absolute atomic E-state index is 0.0128. The SMILES string of the molecule is Cc1ccccc1C(=O)NC(C)c1ccc(C(C)(C)C)cc1. The average Bonchev–Trinajstić information content (AvgIpc) is 2.46. The maximum absolute atomic E-state index is 12.4. The van der Waals surface area contributed by atoms with E-state index >= 15 is 0 Å². The van der Waals surface area contributed by atoms with E-state index in [9.17, 15) is 4.79 Å². The summed E-state index contributed by atoms with van der Waals surface area (Å²) in [5, 5.41) is 3.07. The maximum atomic E-state index is 12.4. The Bertz CT molecular complexity index is 650. The number of rotatable bonds is 3. The van der Waals surface area contributed by atoms with Gasteiger partial charge in [0.2, 0.25) is 0 Å². The van der Waals surface area contributed by atoms with Gasteiger partial charge in [-0.05, 0) is 42.0 Å². The lowest BCUT2D eigenvalue weighted by molar-refractivity contribution is 0.0939. The van der Waals surface area contributed by atoms with Crippen molar-refractivity contribution in [1.29, 1.82) is 0 Å². The Labute approximate surface area is 133 Å². The van der Waals surface area contributed by atoms with E-state index in [2.05, 4.69) is 50.4 Å². The van der Waals surface area contributed by atoms with Crippen LogP contribution in [-0.2, 0) is 5.41 Å². The van der Waals surface area contributed by atoms with E-state index in [0.717, 1.165) is 16.7 Å². The zero-order valence-corrected chi connectivity index (χ0v) is 14.1. The zero-order valence-electron chi connectivity index (χ0n) is 14.1. The van der Waals surface area contributed by atoms with E-state index in [1.807, 2.05) is 38.1 Å². The normalized spacial score (nSPS) is 12.8. The van der Waals surface area contributed by atoms with E-state index in [-0.39, 0.29) is 17.4 Å². The van der Waals surface area contributed by atoms with E-state index in [4.69, 9.17) is 0 Å². The molecule has 0 aromatic heterocycles. The van der Waals surface area contributed by atoms with Crippen LogP contribution >= 0.6 is 0 Å². The van der Waals surface area contributed by atoms with E-state index in [0.29, 0.717) is 0 Å². The first-order valence-electron chi connectivity index (χ1n) is 7.76. The van der Waals surface area contributed by atoms with Gasteiger partial charge in [0.1, 0.15) is 0 Å². The van der Waals surface area contributed by atoms with Crippen molar-refractivity contribution in [2.45, 2.75) is 46.1 Å². The number of nitrogens with one attached hydrogen (secondary N) is 1. The lowest BCUT2D eigenvalue weighted by atomic mass is 9.86. The van der Waals surface area contributed by atoms with Crippen LogP contribution in [0.3, 0.4) is 0 Å². The van der Waals surface area contributed by atoms with Gasteiger partial charge >= 0.3 is 0 Å². The third-order valence-corrected chi connectivity index (χ3v) is 4.01. The second-order valence-electron chi connectivity index (χ2n) is 6.88. The number of aryl methyl sites for hydroxylation is 1. The molecule has 0 aliphatic rings. The molecular weight excluding hydrogens is 270 g/mol. The summed E-state index contributed by atoms with van der Waals surface area (Å²) in [4.78, 5) is 12.4. The smallest absolute Gasteiger partial charge is 0.252 e. The van der Waals surface area contributed by atoms with Gasteiger partial charge in [-0.1, -0.05) is 63.2 Å². The summed E-state index contributed by atoms with van der Waals surface area (Å²) in [6, 6.07) is 16.1. The van der Waals surface area contributed by atoms with Crippen molar-refractivity contribution in [3.05, 3.63) is 70.8 Å². The van der Waals surface area contributed by atoms with Crippen LogP contribution in [0.25, 0.3) is 0 Å². The summed E-state index contributed by atoms with van der Waals surface area (Å²) in [6.45, 7) is 10.6. The fourth-order valence-electron chi connectivity index (χ4n) is 2.46. The van der Waals surface area contributed by atoms with Gasteiger partial charge in [0.15, 0.2) is 0 Å². The van der Waals surface area contributed by atoms with Crippen LogP contribution in [-0.4, -0.2) is 5.91 Å². The van der Waals surface area contributed by atoms with E-state index < -0.39 is 0 Å². The predicted molar refractivity (Wildman–Crippen MR) is 92.2 cm³/mol. The highest BCUT2D eigenvalue weighted by molar-refractivity contribution is 5.95. The molecule has 0 aliphatic carbocycles. The number of hydrogen-bond donors (Lipinski definition) is 1. The molecular formula is C20H25NO. The largest absolute Gasteiger partial charge is 0.346 e. The summed E-state index contributed by atoms with van der Waals surface area (Å²) in [5.41, 5.74) is 4.30. The molecule has 1 unspecified atom stereocenters. The van der Waals surface area contributed by atoms with Gasteiger partial charge in [0, 0.05) is 5.56 Å². The first-order valence-corrected chi connectivity index (χ1v) is 7.76. The average molecular weight is 295 g/mol. The predicted octanol–water partition coefficient (Wildman–Crippen LogP) is 4.78. The molecule has 0 aliphatic heterocycles. The molecule has 0 radical (unpaired) electrons. The van der Waals surface area contributed by atoms with Gasteiger partial charge in [0.25, 0.3) is 5.91 Å². The Morgan fingerprint density at radius 2 is 1.59 bits per heavy atom. The lowest BCUT2D eigenvalue weighted by Crippen LogP contribution is -2.27. The topological polar surface area (TPSA) is 29.1 Å². The first kappa shape index (κ1) is 16.3. The monoisotopic (exact) mass is 295 g/mol. The summed E-state index contributed by atoms with van der Waals surface area (Å²) in [6.07, 6.45) is 0. The van der Waals surface area contributed by atoms with Crippen LogP contribution in [0.4, 0.5) is 0 Å². The van der Waals surface area contributed by atoms with Crippen LogP contribution < -0.4 is 5.32 Å². The number of amides is 1. The molecule has 22 heavy (non-hydrogen) atoms. The molecule has 2 nitrogen and oxygen atoms in total. The lowest BCUT2D eigenvalue weighted by Gasteiger charge is -2.21. The van der Waals surface area contributed by atoms with Crippen LogP contribution in [0.1, 0.15) is 60.8 Å². The van der Waals surface area contributed by atoms with Crippen molar-refractivity contribution in [2.75, 3.05) is 0 Å². The fourth-order valence-corrected chi connectivity index (χ4v) is 2.46. The van der Waals surface area contributed by atoms with Crippen LogP contribution in [0.5, 0.6) is 0 Å². The summed E-state index contributed by atoms with van der Waals surface area (Å²) in [5.74, 6) is -0.0227. The summed E-state index contributed by atoms with van der Waals surface area (Å²) in [7, 11) is 0. The Balaban J connectivity index is 2.11. The highest BCUT2D eigenvalue weighted by Gasteiger charge is 2.16. The molecule has 2 aromatic carbocycles. The van der Waals surface area contributed by atoms with Crippen molar-refractivity contribution >= 4 is 5.91 Å².